The molecule has 0 aliphatic heterocycles. The number of benzene rings is 3. The number of carbonyl (C=O) groups is 1. The largest absolute Gasteiger partial charge is 0.493 e. The minimum atomic E-state index is -0.451. The van der Waals surface area contributed by atoms with Crippen molar-refractivity contribution < 1.29 is 14.3 Å². The van der Waals surface area contributed by atoms with Crippen LogP contribution in [0.25, 0.3) is 6.08 Å². The average Bonchev–Trinajstić information content (AvgIpc) is 2.83. The van der Waals surface area contributed by atoms with Crippen molar-refractivity contribution in [2.75, 3.05) is 12.4 Å². The summed E-state index contributed by atoms with van der Waals surface area (Å²) in [5.74, 6) is 0.668. The Morgan fingerprint density at radius 2 is 1.82 bits per heavy atom. The molecule has 168 valence electrons. The van der Waals surface area contributed by atoms with E-state index in [1.807, 2.05) is 43.3 Å². The van der Waals surface area contributed by atoms with Gasteiger partial charge in [0.25, 0.3) is 5.91 Å². The van der Waals surface area contributed by atoms with Gasteiger partial charge in [0.1, 0.15) is 18.2 Å². The highest BCUT2D eigenvalue weighted by atomic mass is 16.5. The van der Waals surface area contributed by atoms with Gasteiger partial charge in [0.2, 0.25) is 0 Å². The fourth-order valence-corrected chi connectivity index (χ4v) is 3.40. The van der Waals surface area contributed by atoms with Crippen LogP contribution >= 0.6 is 0 Å². The van der Waals surface area contributed by atoms with Gasteiger partial charge in [-0.2, -0.15) is 5.26 Å². The van der Waals surface area contributed by atoms with E-state index < -0.39 is 5.91 Å². The molecule has 0 fully saturated rings. The highest BCUT2D eigenvalue weighted by molar-refractivity contribution is 6.10. The first-order chi connectivity index (χ1) is 15.9. The van der Waals surface area contributed by atoms with E-state index in [4.69, 9.17) is 9.47 Å². The van der Waals surface area contributed by atoms with Crippen LogP contribution in [0.2, 0.25) is 0 Å². The molecule has 3 aromatic carbocycles. The summed E-state index contributed by atoms with van der Waals surface area (Å²) in [5, 5.41) is 12.4. The van der Waals surface area contributed by atoms with Crippen molar-refractivity contribution >= 4 is 17.7 Å². The predicted octanol–water partition coefficient (Wildman–Crippen LogP) is 6.00. The van der Waals surface area contributed by atoms with E-state index >= 15 is 0 Å². The van der Waals surface area contributed by atoms with Crippen molar-refractivity contribution in [3.05, 3.63) is 94.1 Å². The molecule has 0 saturated heterocycles. The molecule has 0 heterocycles. The molecule has 0 spiro atoms. The van der Waals surface area contributed by atoms with E-state index in [2.05, 4.69) is 31.3 Å². The van der Waals surface area contributed by atoms with Crippen molar-refractivity contribution in [1.29, 1.82) is 5.26 Å². The quantitative estimate of drug-likeness (QED) is 0.344. The molecule has 0 aromatic heterocycles. The maximum absolute atomic E-state index is 12.7. The van der Waals surface area contributed by atoms with E-state index in [1.165, 1.54) is 11.1 Å². The van der Waals surface area contributed by atoms with Crippen LogP contribution in [0.15, 0.2) is 66.2 Å². The van der Waals surface area contributed by atoms with Crippen molar-refractivity contribution in [3.8, 4) is 17.6 Å². The number of methoxy groups -OCH3 is 1. The molecular weight excluding hydrogens is 412 g/mol. The molecule has 0 unspecified atom stereocenters. The maximum atomic E-state index is 12.7. The second-order valence-electron chi connectivity index (χ2n) is 7.75. The van der Waals surface area contributed by atoms with Crippen LogP contribution in [-0.2, 0) is 17.8 Å². The molecule has 1 amide bonds. The fraction of sp³-hybridized carbons (Fsp3) is 0.214. The van der Waals surface area contributed by atoms with E-state index in [0.717, 1.165) is 17.5 Å². The van der Waals surface area contributed by atoms with Gasteiger partial charge in [-0.25, -0.2) is 0 Å². The number of hydrogen-bond donors (Lipinski definition) is 1. The lowest BCUT2D eigenvalue weighted by Crippen LogP contribution is -2.14. The number of nitrogens with zero attached hydrogens (tertiary/aromatic N) is 1. The average molecular weight is 441 g/mol. The molecule has 3 rings (SSSR count). The van der Waals surface area contributed by atoms with E-state index in [0.29, 0.717) is 29.4 Å². The number of amides is 1. The molecule has 0 aliphatic carbocycles. The SMILES string of the molecule is CCc1ccccc1NC(=O)/C(C#N)=C/c1ccc(OCc2ccc(C)c(C)c2)c(OC)c1. The number of aryl methyl sites for hydroxylation is 3. The standard InChI is InChI=1S/C28H28N2O3/c1-5-23-8-6-7-9-25(23)30-28(31)24(17-29)15-21-12-13-26(27(16-21)32-4)33-18-22-11-10-19(2)20(3)14-22/h6-16H,5,18H2,1-4H3,(H,30,31)/b24-15+. The highest BCUT2D eigenvalue weighted by Crippen LogP contribution is 2.30. The van der Waals surface area contributed by atoms with Crippen LogP contribution in [-0.4, -0.2) is 13.0 Å². The molecule has 0 saturated carbocycles. The third-order valence-electron chi connectivity index (χ3n) is 5.48. The first-order valence-corrected chi connectivity index (χ1v) is 10.8. The Hall–Kier alpha value is -4.04. The molecule has 1 N–H and O–H groups in total. The predicted molar refractivity (Wildman–Crippen MR) is 131 cm³/mol. The van der Waals surface area contributed by atoms with Crippen molar-refractivity contribution in [2.45, 2.75) is 33.8 Å². The number of anilines is 1. The van der Waals surface area contributed by atoms with Crippen LogP contribution in [0.4, 0.5) is 5.69 Å². The molecule has 3 aromatic rings. The summed E-state index contributed by atoms with van der Waals surface area (Å²) >= 11 is 0. The Morgan fingerprint density at radius 3 is 2.52 bits per heavy atom. The van der Waals surface area contributed by atoms with Crippen LogP contribution in [0.5, 0.6) is 11.5 Å². The number of ether oxygens (including phenoxy) is 2. The van der Waals surface area contributed by atoms with Crippen molar-refractivity contribution in [1.82, 2.24) is 0 Å². The topological polar surface area (TPSA) is 71.4 Å². The lowest BCUT2D eigenvalue weighted by atomic mass is 10.1. The molecule has 5 nitrogen and oxygen atoms in total. The smallest absolute Gasteiger partial charge is 0.266 e. The zero-order valence-corrected chi connectivity index (χ0v) is 19.4. The van der Waals surface area contributed by atoms with Gasteiger partial charge < -0.3 is 14.8 Å². The van der Waals surface area contributed by atoms with Gasteiger partial charge in [-0.15, -0.1) is 0 Å². The summed E-state index contributed by atoms with van der Waals surface area (Å²) in [6.07, 6.45) is 2.32. The van der Waals surface area contributed by atoms with E-state index in [9.17, 15) is 10.1 Å². The Labute approximate surface area is 195 Å². The van der Waals surface area contributed by atoms with Crippen LogP contribution in [0.1, 0.15) is 34.7 Å². The molecule has 0 bridgehead atoms. The van der Waals surface area contributed by atoms with Crippen LogP contribution in [0, 0.1) is 25.2 Å². The zero-order valence-electron chi connectivity index (χ0n) is 19.4. The second kappa shape index (κ2) is 11.0. The van der Waals surface area contributed by atoms with Gasteiger partial charge in [0.15, 0.2) is 11.5 Å². The van der Waals surface area contributed by atoms with Crippen LogP contribution < -0.4 is 14.8 Å². The number of carbonyl (C=O) groups excluding carboxylic acids is 1. The van der Waals surface area contributed by atoms with Crippen molar-refractivity contribution in [2.24, 2.45) is 0 Å². The van der Waals surface area contributed by atoms with Crippen molar-refractivity contribution in [3.63, 3.8) is 0 Å². The van der Waals surface area contributed by atoms with Gasteiger partial charge in [0.05, 0.1) is 7.11 Å². The number of nitrogens with one attached hydrogen (secondary N) is 1. The van der Waals surface area contributed by atoms with Gasteiger partial charge in [0, 0.05) is 5.69 Å². The van der Waals surface area contributed by atoms with Gasteiger partial charge in [-0.05, 0) is 72.4 Å². The van der Waals surface area contributed by atoms with Gasteiger partial charge >= 0.3 is 0 Å². The molecule has 33 heavy (non-hydrogen) atoms. The summed E-state index contributed by atoms with van der Waals surface area (Å²) < 4.78 is 11.4. The minimum absolute atomic E-state index is 0.00626. The van der Waals surface area contributed by atoms with E-state index in [-0.39, 0.29) is 5.57 Å². The lowest BCUT2D eigenvalue weighted by Gasteiger charge is -2.12. The third kappa shape index (κ3) is 6.02. The second-order valence-corrected chi connectivity index (χ2v) is 7.75. The van der Waals surface area contributed by atoms with E-state index in [1.54, 1.807) is 31.4 Å². The summed E-state index contributed by atoms with van der Waals surface area (Å²) in [6.45, 7) is 6.58. The highest BCUT2D eigenvalue weighted by Gasteiger charge is 2.13. The number of rotatable bonds is 8. The lowest BCUT2D eigenvalue weighted by molar-refractivity contribution is -0.112. The summed E-state index contributed by atoms with van der Waals surface area (Å²) in [4.78, 5) is 12.7. The van der Waals surface area contributed by atoms with Crippen LogP contribution in [0.3, 0.4) is 0 Å². The first kappa shape index (κ1) is 23.6. The number of hydrogen-bond acceptors (Lipinski definition) is 4. The Kier molecular flexibility index (Phi) is 7.88. The molecular formula is C28H28N2O3. The number of nitriles is 1. The van der Waals surface area contributed by atoms with Gasteiger partial charge in [-0.3, -0.25) is 4.79 Å². The fourth-order valence-electron chi connectivity index (χ4n) is 3.40. The Bertz CT molecular complexity index is 1220. The van der Waals surface area contributed by atoms with Gasteiger partial charge in [-0.1, -0.05) is 49.4 Å². The maximum Gasteiger partial charge on any atom is 0.266 e. The normalized spacial score (nSPS) is 10.9. The third-order valence-corrected chi connectivity index (χ3v) is 5.48. The Balaban J connectivity index is 1.77. The molecule has 0 atom stereocenters. The minimum Gasteiger partial charge on any atom is -0.493 e. The molecule has 5 heteroatoms. The summed E-state index contributed by atoms with van der Waals surface area (Å²) in [7, 11) is 1.56. The zero-order chi connectivity index (χ0) is 23.8. The monoisotopic (exact) mass is 440 g/mol. The molecule has 0 radical (unpaired) electrons. The molecule has 0 aliphatic rings. The number of para-hydroxylation sites is 1. The summed E-state index contributed by atoms with van der Waals surface area (Å²) in [6, 6.07) is 21.1. The first-order valence-electron chi connectivity index (χ1n) is 10.8. The Morgan fingerprint density at radius 1 is 1.03 bits per heavy atom. The summed E-state index contributed by atoms with van der Waals surface area (Å²) in [5.41, 5.74) is 5.91.